The monoisotopic (exact) mass is 408 g/mol. The largest absolute Gasteiger partial charge is 0.494 e. The minimum absolute atomic E-state index is 0.462. The fourth-order valence-corrected chi connectivity index (χ4v) is 2.71. The summed E-state index contributed by atoms with van der Waals surface area (Å²) in [6.45, 7) is 3.90. The zero-order chi connectivity index (χ0) is 20.9. The van der Waals surface area contributed by atoms with Crippen LogP contribution in [0.1, 0.15) is 38.2 Å². The summed E-state index contributed by atoms with van der Waals surface area (Å²) in [5.74, 6) is 2.47. The standard InChI is InChI=1S/C23H28N4O3/c1-2-3-4-5-14-28-22-10-12-23(13-11-22)30-16-15-29-21-8-6-20(7-9-21)17-26-27-18-24-25-19-27/h6-13,17-19H,2-5,14-16H2,1H3/b26-17+. The first-order valence-electron chi connectivity index (χ1n) is 10.3. The lowest BCUT2D eigenvalue weighted by Crippen LogP contribution is -2.09. The molecule has 0 aliphatic rings. The third-order valence-electron chi connectivity index (χ3n) is 4.34. The molecule has 3 rings (SSSR count). The van der Waals surface area contributed by atoms with Gasteiger partial charge in [-0.05, 0) is 60.5 Å². The summed E-state index contributed by atoms with van der Waals surface area (Å²) in [4.78, 5) is 0. The molecule has 0 amide bonds. The molecule has 0 N–H and O–H groups in total. The average molecular weight is 409 g/mol. The average Bonchev–Trinajstić information content (AvgIpc) is 3.31. The van der Waals surface area contributed by atoms with Crippen molar-refractivity contribution in [2.24, 2.45) is 5.10 Å². The molecule has 2 aromatic carbocycles. The van der Waals surface area contributed by atoms with Gasteiger partial charge in [-0.2, -0.15) is 5.10 Å². The summed E-state index contributed by atoms with van der Waals surface area (Å²) in [6.07, 6.45) is 9.61. The van der Waals surface area contributed by atoms with Crippen molar-refractivity contribution in [3.63, 3.8) is 0 Å². The van der Waals surface area contributed by atoms with Gasteiger partial charge in [0, 0.05) is 0 Å². The van der Waals surface area contributed by atoms with Crippen molar-refractivity contribution in [2.75, 3.05) is 19.8 Å². The van der Waals surface area contributed by atoms with Gasteiger partial charge < -0.3 is 14.2 Å². The highest BCUT2D eigenvalue weighted by Crippen LogP contribution is 2.18. The normalized spacial score (nSPS) is 11.0. The third kappa shape index (κ3) is 7.58. The molecule has 158 valence electrons. The fraction of sp³-hybridized carbons (Fsp3) is 0.348. The van der Waals surface area contributed by atoms with Crippen molar-refractivity contribution in [3.8, 4) is 17.2 Å². The first-order chi connectivity index (χ1) is 14.8. The first-order valence-corrected chi connectivity index (χ1v) is 10.3. The maximum Gasteiger partial charge on any atom is 0.141 e. The minimum Gasteiger partial charge on any atom is -0.494 e. The van der Waals surface area contributed by atoms with E-state index >= 15 is 0 Å². The van der Waals surface area contributed by atoms with Crippen molar-refractivity contribution in [1.29, 1.82) is 0 Å². The maximum absolute atomic E-state index is 5.74. The fourth-order valence-electron chi connectivity index (χ4n) is 2.71. The van der Waals surface area contributed by atoms with Crippen molar-refractivity contribution < 1.29 is 14.2 Å². The predicted octanol–water partition coefficient (Wildman–Crippen LogP) is 4.58. The second kappa shape index (κ2) is 12.3. The molecule has 1 heterocycles. The molecule has 0 fully saturated rings. The van der Waals surface area contributed by atoms with E-state index < -0.39 is 0 Å². The lowest BCUT2D eigenvalue weighted by molar-refractivity contribution is 0.217. The second-order valence-corrected chi connectivity index (χ2v) is 6.73. The van der Waals surface area contributed by atoms with Crippen LogP contribution in [0.4, 0.5) is 0 Å². The lowest BCUT2D eigenvalue weighted by atomic mass is 10.2. The molecule has 30 heavy (non-hydrogen) atoms. The van der Waals surface area contributed by atoms with Crippen LogP contribution in [0, 0.1) is 0 Å². The Labute approximate surface area is 177 Å². The summed E-state index contributed by atoms with van der Waals surface area (Å²) < 4.78 is 18.7. The summed E-state index contributed by atoms with van der Waals surface area (Å²) in [5.41, 5.74) is 0.958. The van der Waals surface area contributed by atoms with Crippen molar-refractivity contribution in [1.82, 2.24) is 14.9 Å². The number of aromatic nitrogens is 3. The third-order valence-corrected chi connectivity index (χ3v) is 4.34. The topological polar surface area (TPSA) is 70.8 Å². The Kier molecular flexibility index (Phi) is 8.73. The molecule has 7 heteroatoms. The van der Waals surface area contributed by atoms with E-state index in [0.29, 0.717) is 13.2 Å². The molecular formula is C23H28N4O3. The van der Waals surface area contributed by atoms with Gasteiger partial charge in [-0.3, -0.25) is 0 Å². The van der Waals surface area contributed by atoms with Crippen LogP contribution in [0.15, 0.2) is 66.3 Å². The van der Waals surface area contributed by atoms with E-state index in [0.717, 1.165) is 35.8 Å². The van der Waals surface area contributed by atoms with Crippen LogP contribution in [0.3, 0.4) is 0 Å². The van der Waals surface area contributed by atoms with E-state index in [4.69, 9.17) is 14.2 Å². The molecular weight excluding hydrogens is 380 g/mol. The predicted molar refractivity (Wildman–Crippen MR) is 117 cm³/mol. The Balaban J connectivity index is 1.32. The zero-order valence-corrected chi connectivity index (χ0v) is 17.3. The number of unbranched alkanes of at least 4 members (excludes halogenated alkanes) is 3. The highest BCUT2D eigenvalue weighted by Gasteiger charge is 1.99. The molecule has 0 saturated carbocycles. The molecule has 0 bridgehead atoms. The number of nitrogens with zero attached hydrogens (tertiary/aromatic N) is 4. The second-order valence-electron chi connectivity index (χ2n) is 6.73. The number of hydrogen-bond acceptors (Lipinski definition) is 6. The summed E-state index contributed by atoms with van der Waals surface area (Å²) in [5, 5.41) is 11.6. The van der Waals surface area contributed by atoms with Crippen LogP contribution in [-0.2, 0) is 0 Å². The number of hydrogen-bond donors (Lipinski definition) is 0. The Bertz CT molecular complexity index is 862. The van der Waals surface area contributed by atoms with E-state index in [1.165, 1.54) is 36.6 Å². The van der Waals surface area contributed by atoms with Gasteiger partial charge >= 0.3 is 0 Å². The Morgan fingerprint density at radius 1 is 0.733 bits per heavy atom. The summed E-state index contributed by atoms with van der Waals surface area (Å²) in [7, 11) is 0. The van der Waals surface area contributed by atoms with E-state index in [-0.39, 0.29) is 0 Å². The van der Waals surface area contributed by atoms with Crippen LogP contribution < -0.4 is 14.2 Å². The van der Waals surface area contributed by atoms with Gasteiger partial charge in [-0.1, -0.05) is 26.2 Å². The van der Waals surface area contributed by atoms with Gasteiger partial charge in [-0.25, -0.2) is 4.68 Å². The van der Waals surface area contributed by atoms with Crippen molar-refractivity contribution >= 4 is 6.21 Å². The Morgan fingerprint density at radius 2 is 1.27 bits per heavy atom. The number of ether oxygens (including phenoxy) is 3. The highest BCUT2D eigenvalue weighted by atomic mass is 16.5. The van der Waals surface area contributed by atoms with Crippen molar-refractivity contribution in [3.05, 3.63) is 66.7 Å². The van der Waals surface area contributed by atoms with Gasteiger partial charge in [0.05, 0.1) is 12.8 Å². The number of rotatable bonds is 13. The quantitative estimate of drug-likeness (QED) is 0.306. The van der Waals surface area contributed by atoms with Crippen LogP contribution in [0.25, 0.3) is 0 Å². The minimum atomic E-state index is 0.462. The zero-order valence-electron chi connectivity index (χ0n) is 17.3. The smallest absolute Gasteiger partial charge is 0.141 e. The van der Waals surface area contributed by atoms with E-state index in [1.807, 2.05) is 48.5 Å². The SMILES string of the molecule is CCCCCCOc1ccc(OCCOc2ccc(/C=N/n3cnnc3)cc2)cc1. The lowest BCUT2D eigenvalue weighted by Gasteiger charge is -2.10. The summed E-state index contributed by atoms with van der Waals surface area (Å²) >= 11 is 0. The van der Waals surface area contributed by atoms with Gasteiger partial charge in [0.25, 0.3) is 0 Å². The molecule has 0 unspecified atom stereocenters. The maximum atomic E-state index is 5.74. The molecule has 7 nitrogen and oxygen atoms in total. The van der Waals surface area contributed by atoms with Crippen LogP contribution >= 0.6 is 0 Å². The van der Waals surface area contributed by atoms with Crippen LogP contribution in [-0.4, -0.2) is 40.9 Å². The van der Waals surface area contributed by atoms with Crippen LogP contribution in [0.5, 0.6) is 17.2 Å². The van der Waals surface area contributed by atoms with Gasteiger partial charge in [0.15, 0.2) is 0 Å². The Morgan fingerprint density at radius 3 is 1.83 bits per heavy atom. The molecule has 0 aliphatic heterocycles. The highest BCUT2D eigenvalue weighted by molar-refractivity contribution is 5.79. The molecule has 0 spiro atoms. The first kappa shape index (κ1) is 21.4. The molecule has 0 atom stereocenters. The Hall–Kier alpha value is -3.35. The van der Waals surface area contributed by atoms with Gasteiger partial charge in [-0.15, -0.1) is 10.2 Å². The van der Waals surface area contributed by atoms with E-state index in [2.05, 4.69) is 22.2 Å². The number of benzene rings is 2. The van der Waals surface area contributed by atoms with E-state index in [1.54, 1.807) is 6.21 Å². The van der Waals surface area contributed by atoms with Crippen LogP contribution in [0.2, 0.25) is 0 Å². The van der Waals surface area contributed by atoms with E-state index in [9.17, 15) is 0 Å². The molecule has 0 saturated heterocycles. The molecule has 1 aromatic heterocycles. The molecule has 3 aromatic rings. The van der Waals surface area contributed by atoms with Crippen molar-refractivity contribution in [2.45, 2.75) is 32.6 Å². The molecule has 0 aliphatic carbocycles. The molecule has 0 radical (unpaired) electrons. The van der Waals surface area contributed by atoms with Gasteiger partial charge in [0.2, 0.25) is 0 Å². The van der Waals surface area contributed by atoms with Gasteiger partial charge in [0.1, 0.15) is 43.1 Å². The summed E-state index contributed by atoms with van der Waals surface area (Å²) in [6, 6.07) is 15.4.